The molecule has 0 radical (unpaired) electrons. The summed E-state index contributed by atoms with van der Waals surface area (Å²) in [4.78, 5) is 32.3. The van der Waals surface area contributed by atoms with Crippen LogP contribution in [0.5, 0.6) is 5.75 Å². The maximum Gasteiger partial charge on any atom is 0.321 e. The molecule has 0 saturated heterocycles. The van der Waals surface area contributed by atoms with Crippen molar-refractivity contribution >= 4 is 17.6 Å². The quantitative estimate of drug-likeness (QED) is 0.617. The molecule has 0 bridgehead atoms. The van der Waals surface area contributed by atoms with Gasteiger partial charge in [-0.3, -0.25) is 20.2 Å². The van der Waals surface area contributed by atoms with Crippen molar-refractivity contribution in [1.29, 1.82) is 0 Å². The number of nitrogens with zero attached hydrogens (tertiary/aromatic N) is 1. The van der Waals surface area contributed by atoms with Crippen molar-refractivity contribution in [3.63, 3.8) is 0 Å². The van der Waals surface area contributed by atoms with Crippen LogP contribution in [-0.2, 0) is 4.79 Å². The normalized spacial score (nSPS) is 9.58. The molecule has 0 aliphatic carbocycles. The third-order valence-electron chi connectivity index (χ3n) is 2.29. The van der Waals surface area contributed by atoms with Gasteiger partial charge in [-0.25, -0.2) is 4.79 Å². The summed E-state index contributed by atoms with van der Waals surface area (Å²) < 4.78 is 5.14. The smallest absolute Gasteiger partial charge is 0.321 e. The highest BCUT2D eigenvalue weighted by molar-refractivity contribution is 5.94. The highest BCUT2D eigenvalue weighted by Crippen LogP contribution is 2.26. The number of carbonyl (C=O) groups is 2. The highest BCUT2D eigenvalue weighted by Gasteiger charge is 2.15. The summed E-state index contributed by atoms with van der Waals surface area (Å²) in [6.45, 7) is 1.11. The zero-order chi connectivity index (χ0) is 14.4. The van der Waals surface area contributed by atoms with Gasteiger partial charge < -0.3 is 10.1 Å². The Morgan fingerprint density at radius 3 is 2.68 bits per heavy atom. The Balaban J connectivity index is 2.68. The Morgan fingerprint density at radius 2 is 2.11 bits per heavy atom. The number of nitro benzene ring substituents is 1. The molecule has 19 heavy (non-hydrogen) atoms. The van der Waals surface area contributed by atoms with E-state index >= 15 is 0 Å². The average Bonchev–Trinajstić information content (AvgIpc) is 2.37. The molecule has 8 nitrogen and oxygen atoms in total. The minimum absolute atomic E-state index is 0.0933. The lowest BCUT2D eigenvalue weighted by Gasteiger charge is -2.08. The second-order valence-corrected chi connectivity index (χ2v) is 3.57. The van der Waals surface area contributed by atoms with Crippen molar-refractivity contribution in [1.82, 2.24) is 10.6 Å². The molecule has 8 heteroatoms. The first-order valence-electron chi connectivity index (χ1n) is 5.34. The largest absolute Gasteiger partial charge is 0.483 e. The monoisotopic (exact) mass is 267 g/mol. The Morgan fingerprint density at radius 1 is 1.42 bits per heavy atom. The van der Waals surface area contributed by atoms with Crippen molar-refractivity contribution in [2.24, 2.45) is 0 Å². The lowest BCUT2D eigenvalue weighted by Crippen LogP contribution is -2.40. The SMILES string of the molecule is CNC(=O)NC(=O)COc1cccc([N+](=O)[O-])c1C. The first kappa shape index (κ1) is 14.4. The van der Waals surface area contributed by atoms with Crippen molar-refractivity contribution in [2.75, 3.05) is 13.7 Å². The molecule has 0 fully saturated rings. The third-order valence-corrected chi connectivity index (χ3v) is 2.29. The summed E-state index contributed by atoms with van der Waals surface area (Å²) in [7, 11) is 1.37. The topological polar surface area (TPSA) is 111 Å². The van der Waals surface area contributed by atoms with E-state index in [1.54, 1.807) is 0 Å². The van der Waals surface area contributed by atoms with E-state index in [9.17, 15) is 19.7 Å². The molecular weight excluding hydrogens is 254 g/mol. The van der Waals surface area contributed by atoms with Crippen LogP contribution >= 0.6 is 0 Å². The van der Waals surface area contributed by atoms with Gasteiger partial charge in [-0.1, -0.05) is 6.07 Å². The average molecular weight is 267 g/mol. The second-order valence-electron chi connectivity index (χ2n) is 3.57. The molecular formula is C11H13N3O5. The van der Waals surface area contributed by atoms with Crippen LogP contribution < -0.4 is 15.4 Å². The number of imide groups is 1. The van der Waals surface area contributed by atoms with E-state index in [1.165, 1.54) is 32.2 Å². The molecule has 0 unspecified atom stereocenters. The zero-order valence-corrected chi connectivity index (χ0v) is 10.4. The summed E-state index contributed by atoms with van der Waals surface area (Å²) in [6, 6.07) is 3.66. The van der Waals surface area contributed by atoms with Gasteiger partial charge in [0.1, 0.15) is 5.75 Å². The van der Waals surface area contributed by atoms with E-state index in [0.717, 1.165) is 0 Å². The van der Waals surface area contributed by atoms with E-state index in [2.05, 4.69) is 5.32 Å². The van der Waals surface area contributed by atoms with Crippen molar-refractivity contribution in [2.45, 2.75) is 6.92 Å². The van der Waals surface area contributed by atoms with Crippen LogP contribution in [-0.4, -0.2) is 30.5 Å². The maximum absolute atomic E-state index is 11.3. The molecule has 0 saturated carbocycles. The van der Waals surface area contributed by atoms with Crippen LogP contribution in [0.15, 0.2) is 18.2 Å². The fourth-order valence-corrected chi connectivity index (χ4v) is 1.33. The fraction of sp³-hybridized carbons (Fsp3) is 0.273. The minimum atomic E-state index is -0.649. The fourth-order valence-electron chi connectivity index (χ4n) is 1.33. The summed E-state index contributed by atoms with van der Waals surface area (Å²) in [5.74, 6) is -0.425. The van der Waals surface area contributed by atoms with Gasteiger partial charge in [0.05, 0.1) is 10.5 Å². The summed E-state index contributed by atoms with van der Waals surface area (Å²) in [5.41, 5.74) is 0.226. The van der Waals surface area contributed by atoms with Crippen LogP contribution in [0.2, 0.25) is 0 Å². The number of rotatable bonds is 4. The molecule has 0 atom stereocenters. The van der Waals surface area contributed by atoms with Crippen molar-refractivity contribution in [3.05, 3.63) is 33.9 Å². The molecule has 1 rings (SSSR count). The number of amides is 3. The molecule has 0 aromatic heterocycles. The van der Waals surface area contributed by atoms with E-state index in [1.807, 2.05) is 5.32 Å². The maximum atomic E-state index is 11.3. The number of nitrogens with one attached hydrogen (secondary N) is 2. The van der Waals surface area contributed by atoms with Crippen molar-refractivity contribution in [3.8, 4) is 5.75 Å². The number of carbonyl (C=O) groups excluding carboxylic acids is 2. The Bertz CT molecular complexity index is 515. The van der Waals surface area contributed by atoms with Crippen LogP contribution in [0, 0.1) is 17.0 Å². The van der Waals surface area contributed by atoms with Crippen LogP contribution in [0.4, 0.5) is 10.5 Å². The van der Waals surface area contributed by atoms with Gasteiger partial charge in [-0.15, -0.1) is 0 Å². The molecule has 102 valence electrons. The van der Waals surface area contributed by atoms with E-state index in [4.69, 9.17) is 4.74 Å². The third kappa shape index (κ3) is 3.95. The molecule has 0 aliphatic rings. The van der Waals surface area contributed by atoms with Gasteiger partial charge >= 0.3 is 6.03 Å². The standard InChI is InChI=1S/C11H13N3O5/c1-7-8(14(17)18)4-3-5-9(7)19-6-10(15)13-11(16)12-2/h3-5H,6H2,1-2H3,(H2,12,13,15,16). The molecule has 1 aromatic rings. The molecule has 0 aliphatic heterocycles. The number of urea groups is 1. The van der Waals surface area contributed by atoms with Crippen LogP contribution in [0.25, 0.3) is 0 Å². The molecule has 3 amide bonds. The first-order valence-corrected chi connectivity index (χ1v) is 5.34. The van der Waals surface area contributed by atoms with Gasteiger partial charge in [-0.2, -0.15) is 0 Å². The van der Waals surface area contributed by atoms with Crippen LogP contribution in [0.1, 0.15) is 5.56 Å². The van der Waals surface area contributed by atoms with E-state index in [0.29, 0.717) is 5.56 Å². The Kier molecular flexibility index (Phi) is 4.81. The number of benzene rings is 1. The van der Waals surface area contributed by atoms with E-state index in [-0.39, 0.29) is 11.4 Å². The Labute approximate surface area is 108 Å². The van der Waals surface area contributed by atoms with E-state index < -0.39 is 23.5 Å². The summed E-state index contributed by atoms with van der Waals surface area (Å²) in [6.07, 6.45) is 0. The van der Waals surface area contributed by atoms with Crippen LogP contribution in [0.3, 0.4) is 0 Å². The lowest BCUT2D eigenvalue weighted by atomic mass is 10.2. The molecule has 0 heterocycles. The highest BCUT2D eigenvalue weighted by atomic mass is 16.6. The molecule has 0 spiro atoms. The van der Waals surface area contributed by atoms with Gasteiger partial charge in [0, 0.05) is 13.1 Å². The molecule has 2 N–H and O–H groups in total. The number of ether oxygens (including phenoxy) is 1. The summed E-state index contributed by atoms with van der Waals surface area (Å²) >= 11 is 0. The number of hydrogen-bond acceptors (Lipinski definition) is 5. The Hall–Kier alpha value is -2.64. The molecule has 1 aromatic carbocycles. The predicted octanol–water partition coefficient (Wildman–Crippen LogP) is 0.738. The predicted molar refractivity (Wildman–Crippen MR) is 65.9 cm³/mol. The number of nitro groups is 1. The second kappa shape index (κ2) is 6.34. The number of hydrogen-bond donors (Lipinski definition) is 2. The van der Waals surface area contributed by atoms with Crippen molar-refractivity contribution < 1.29 is 19.2 Å². The van der Waals surface area contributed by atoms with Gasteiger partial charge in [0.25, 0.3) is 11.6 Å². The zero-order valence-electron chi connectivity index (χ0n) is 10.4. The van der Waals surface area contributed by atoms with Gasteiger partial charge in [-0.05, 0) is 13.0 Å². The first-order chi connectivity index (χ1) is 8.95. The lowest BCUT2D eigenvalue weighted by molar-refractivity contribution is -0.385. The van der Waals surface area contributed by atoms with Gasteiger partial charge in [0.2, 0.25) is 0 Å². The van der Waals surface area contributed by atoms with Gasteiger partial charge in [0.15, 0.2) is 6.61 Å². The summed E-state index contributed by atoms with van der Waals surface area (Å²) in [5, 5.41) is 14.9. The minimum Gasteiger partial charge on any atom is -0.483 e.